The molecule has 0 bridgehead atoms. The summed E-state index contributed by atoms with van der Waals surface area (Å²) in [5.41, 5.74) is 2.33. The minimum Gasteiger partial charge on any atom is -0.490 e. The smallest absolute Gasteiger partial charge is 0.177 e. The summed E-state index contributed by atoms with van der Waals surface area (Å²) < 4.78 is 17.9. The van der Waals surface area contributed by atoms with Crippen molar-refractivity contribution in [2.45, 2.75) is 62.9 Å². The molecule has 0 aromatic heterocycles. The van der Waals surface area contributed by atoms with Crippen molar-refractivity contribution in [1.29, 1.82) is 0 Å². The Balaban J connectivity index is 1.28. The van der Waals surface area contributed by atoms with Gasteiger partial charge in [0.15, 0.2) is 6.29 Å². The SMILES string of the molecule is N/N=C(\C=NCC1OCC2(CCC2)O1)c1ccc(C#CC2CC2)cc1OC1CC1. The number of nitrogens with two attached hydrogens (primary N) is 1. The van der Waals surface area contributed by atoms with Crippen LogP contribution in [0.2, 0.25) is 0 Å². The van der Waals surface area contributed by atoms with Crippen molar-refractivity contribution in [2.75, 3.05) is 13.2 Å². The summed E-state index contributed by atoms with van der Waals surface area (Å²) in [5.74, 6) is 13.6. The monoisotopic (exact) mass is 393 g/mol. The molecule has 152 valence electrons. The molecule has 3 saturated carbocycles. The van der Waals surface area contributed by atoms with Crippen LogP contribution in [0.4, 0.5) is 0 Å². The number of hydrogen-bond acceptors (Lipinski definition) is 6. The van der Waals surface area contributed by atoms with Crippen LogP contribution in [0, 0.1) is 17.8 Å². The number of aliphatic imine (C=N–C) groups is 1. The average molecular weight is 393 g/mol. The third kappa shape index (κ3) is 4.47. The second-order valence-electron chi connectivity index (χ2n) is 8.48. The topological polar surface area (TPSA) is 78.4 Å². The third-order valence-corrected chi connectivity index (χ3v) is 5.86. The Kier molecular flexibility index (Phi) is 5.03. The van der Waals surface area contributed by atoms with Crippen LogP contribution in [-0.2, 0) is 9.47 Å². The molecular formula is C23H27N3O3. The van der Waals surface area contributed by atoms with Crippen LogP contribution < -0.4 is 10.6 Å². The highest BCUT2D eigenvalue weighted by Gasteiger charge is 2.45. The van der Waals surface area contributed by atoms with E-state index in [1.807, 2.05) is 18.2 Å². The lowest BCUT2D eigenvalue weighted by atomic mass is 9.81. The van der Waals surface area contributed by atoms with Crippen LogP contribution in [0.15, 0.2) is 28.3 Å². The summed E-state index contributed by atoms with van der Waals surface area (Å²) in [6.07, 6.45) is 9.65. The van der Waals surface area contributed by atoms with Crippen molar-refractivity contribution in [3.63, 3.8) is 0 Å². The zero-order valence-electron chi connectivity index (χ0n) is 16.6. The van der Waals surface area contributed by atoms with Crippen LogP contribution in [-0.4, -0.2) is 43.1 Å². The summed E-state index contributed by atoms with van der Waals surface area (Å²) in [5, 5.41) is 3.95. The average Bonchev–Trinajstić information content (AvgIpc) is 3.63. The van der Waals surface area contributed by atoms with Crippen molar-refractivity contribution in [3.8, 4) is 17.6 Å². The summed E-state index contributed by atoms with van der Waals surface area (Å²) in [7, 11) is 0. The maximum absolute atomic E-state index is 6.12. The summed E-state index contributed by atoms with van der Waals surface area (Å²) in [4.78, 5) is 4.48. The summed E-state index contributed by atoms with van der Waals surface area (Å²) >= 11 is 0. The minimum absolute atomic E-state index is 0.0480. The molecule has 1 aromatic rings. The molecule has 6 heteroatoms. The molecule has 1 atom stereocenters. The fraction of sp³-hybridized carbons (Fsp3) is 0.565. The maximum Gasteiger partial charge on any atom is 0.177 e. The Morgan fingerprint density at radius 2 is 2.14 bits per heavy atom. The Bertz CT molecular complexity index is 886. The second kappa shape index (κ2) is 7.81. The van der Waals surface area contributed by atoms with E-state index in [-0.39, 0.29) is 18.0 Å². The molecule has 1 aromatic carbocycles. The van der Waals surface area contributed by atoms with Crippen LogP contribution in [0.1, 0.15) is 56.1 Å². The Hall–Kier alpha value is -2.36. The highest BCUT2D eigenvalue weighted by molar-refractivity contribution is 6.38. The van der Waals surface area contributed by atoms with Gasteiger partial charge in [0, 0.05) is 23.3 Å². The van der Waals surface area contributed by atoms with Crippen molar-refractivity contribution in [1.82, 2.24) is 0 Å². The van der Waals surface area contributed by atoms with Gasteiger partial charge in [0.2, 0.25) is 0 Å². The fourth-order valence-electron chi connectivity index (χ4n) is 3.60. The van der Waals surface area contributed by atoms with E-state index in [0.29, 0.717) is 24.8 Å². The number of hydrazone groups is 1. The molecule has 1 saturated heterocycles. The minimum atomic E-state index is -0.284. The van der Waals surface area contributed by atoms with Gasteiger partial charge in [-0.3, -0.25) is 4.99 Å². The number of rotatable bonds is 6. The molecule has 4 aliphatic rings. The molecule has 5 rings (SSSR count). The lowest BCUT2D eigenvalue weighted by Gasteiger charge is -2.35. The Morgan fingerprint density at radius 3 is 2.79 bits per heavy atom. The maximum atomic E-state index is 6.12. The molecule has 3 aliphatic carbocycles. The first-order valence-electron chi connectivity index (χ1n) is 10.6. The van der Waals surface area contributed by atoms with E-state index in [2.05, 4.69) is 21.9 Å². The first-order valence-corrected chi connectivity index (χ1v) is 10.6. The van der Waals surface area contributed by atoms with Gasteiger partial charge in [-0.25, -0.2) is 0 Å². The van der Waals surface area contributed by atoms with E-state index < -0.39 is 0 Å². The molecule has 0 radical (unpaired) electrons. The highest BCUT2D eigenvalue weighted by atomic mass is 16.7. The third-order valence-electron chi connectivity index (χ3n) is 5.86. The number of nitrogens with zero attached hydrogens (tertiary/aromatic N) is 2. The predicted octanol–water partition coefficient (Wildman–Crippen LogP) is 3.02. The van der Waals surface area contributed by atoms with Gasteiger partial charge >= 0.3 is 0 Å². The van der Waals surface area contributed by atoms with E-state index in [4.69, 9.17) is 20.1 Å². The molecule has 1 spiro atoms. The number of ether oxygens (including phenoxy) is 3. The molecule has 1 unspecified atom stereocenters. The molecule has 29 heavy (non-hydrogen) atoms. The first-order chi connectivity index (χ1) is 14.2. The first kappa shape index (κ1) is 18.7. The van der Waals surface area contributed by atoms with Crippen LogP contribution in [0.25, 0.3) is 0 Å². The molecule has 6 nitrogen and oxygen atoms in total. The van der Waals surface area contributed by atoms with Gasteiger partial charge in [0.25, 0.3) is 0 Å². The lowest BCUT2D eigenvalue weighted by molar-refractivity contribution is -0.110. The Labute approximate surface area is 171 Å². The quantitative estimate of drug-likeness (QED) is 0.349. The standard InChI is InChI=1S/C23H27N3O3/c24-26-20(13-25-14-22-27-15-23(29-22)10-1-11-23)19-9-6-17(5-4-16-2-3-16)12-21(19)28-18-7-8-18/h6,9,12-13,16,18,22H,1-3,7-8,10-11,14-15,24H2/b25-13?,26-20+. The zero-order chi connectivity index (χ0) is 19.7. The van der Waals surface area contributed by atoms with Crippen molar-refractivity contribution in [2.24, 2.45) is 21.9 Å². The normalized spacial score (nSPS) is 25.7. The van der Waals surface area contributed by atoms with E-state index in [1.165, 1.54) is 19.3 Å². The van der Waals surface area contributed by atoms with Gasteiger partial charge < -0.3 is 20.1 Å². The van der Waals surface area contributed by atoms with Gasteiger partial charge in [-0.1, -0.05) is 11.8 Å². The summed E-state index contributed by atoms with van der Waals surface area (Å²) in [6, 6.07) is 5.96. The molecule has 2 N–H and O–H groups in total. The number of hydrogen-bond donors (Lipinski definition) is 1. The van der Waals surface area contributed by atoms with Crippen molar-refractivity contribution >= 4 is 11.9 Å². The molecule has 4 fully saturated rings. The molecule has 0 amide bonds. The van der Waals surface area contributed by atoms with Gasteiger partial charge in [-0.2, -0.15) is 5.10 Å². The summed E-state index contributed by atoms with van der Waals surface area (Å²) in [6.45, 7) is 1.11. The molecule has 1 aliphatic heterocycles. The van der Waals surface area contributed by atoms with E-state index in [1.54, 1.807) is 6.21 Å². The molecular weight excluding hydrogens is 366 g/mol. The van der Waals surface area contributed by atoms with Gasteiger partial charge in [0.1, 0.15) is 11.5 Å². The van der Waals surface area contributed by atoms with E-state index in [9.17, 15) is 0 Å². The molecule has 1 heterocycles. The fourth-order valence-corrected chi connectivity index (χ4v) is 3.60. The van der Waals surface area contributed by atoms with Crippen LogP contribution in [0.3, 0.4) is 0 Å². The van der Waals surface area contributed by atoms with Crippen molar-refractivity contribution < 1.29 is 14.2 Å². The van der Waals surface area contributed by atoms with E-state index in [0.717, 1.165) is 42.6 Å². The van der Waals surface area contributed by atoms with Gasteiger partial charge in [0.05, 0.1) is 24.9 Å². The second-order valence-corrected chi connectivity index (χ2v) is 8.48. The van der Waals surface area contributed by atoms with Crippen molar-refractivity contribution in [3.05, 3.63) is 29.3 Å². The zero-order valence-corrected chi connectivity index (χ0v) is 16.6. The predicted molar refractivity (Wildman–Crippen MR) is 111 cm³/mol. The number of benzene rings is 1. The Morgan fingerprint density at radius 1 is 1.28 bits per heavy atom. The van der Waals surface area contributed by atoms with Crippen LogP contribution in [0.5, 0.6) is 5.75 Å². The largest absolute Gasteiger partial charge is 0.490 e. The van der Waals surface area contributed by atoms with Gasteiger partial charge in [-0.15, -0.1) is 0 Å². The lowest BCUT2D eigenvalue weighted by Crippen LogP contribution is -2.39. The van der Waals surface area contributed by atoms with Crippen LogP contribution >= 0.6 is 0 Å². The highest BCUT2D eigenvalue weighted by Crippen LogP contribution is 2.41. The van der Waals surface area contributed by atoms with E-state index >= 15 is 0 Å². The van der Waals surface area contributed by atoms with Gasteiger partial charge in [-0.05, 0) is 63.1 Å².